The van der Waals surface area contributed by atoms with Crippen molar-refractivity contribution in [1.82, 2.24) is 10.6 Å². The molecule has 0 heterocycles. The molecule has 7 heteroatoms. The van der Waals surface area contributed by atoms with Gasteiger partial charge in [0.15, 0.2) is 17.5 Å². The molecule has 1 unspecified atom stereocenters. The lowest BCUT2D eigenvalue weighted by Gasteiger charge is -2.25. The summed E-state index contributed by atoms with van der Waals surface area (Å²) in [6.07, 6.45) is 0. The molecule has 0 radical (unpaired) electrons. The van der Waals surface area contributed by atoms with Crippen molar-refractivity contribution in [3.8, 4) is 11.5 Å². The van der Waals surface area contributed by atoms with Gasteiger partial charge in [0.2, 0.25) is 0 Å². The van der Waals surface area contributed by atoms with Crippen LogP contribution in [0, 0.1) is 0 Å². The Morgan fingerprint density at radius 2 is 1.81 bits per heavy atom. The van der Waals surface area contributed by atoms with Crippen molar-refractivity contribution in [2.24, 2.45) is 4.99 Å². The molecular formula is C19H34IN3O3. The van der Waals surface area contributed by atoms with E-state index in [2.05, 4.69) is 44.4 Å². The molecule has 150 valence electrons. The summed E-state index contributed by atoms with van der Waals surface area (Å²) in [5.41, 5.74) is 1.00. The van der Waals surface area contributed by atoms with Gasteiger partial charge in [-0.25, -0.2) is 0 Å². The van der Waals surface area contributed by atoms with E-state index in [0.717, 1.165) is 29.6 Å². The average molecular weight is 479 g/mol. The van der Waals surface area contributed by atoms with Crippen molar-refractivity contribution >= 4 is 29.9 Å². The van der Waals surface area contributed by atoms with Crippen molar-refractivity contribution in [2.75, 3.05) is 41.0 Å². The molecule has 1 atom stereocenters. The highest BCUT2D eigenvalue weighted by atomic mass is 127. The number of halogens is 1. The number of methoxy groups -OCH3 is 3. The molecule has 0 saturated carbocycles. The number of nitrogens with one attached hydrogen (secondary N) is 2. The number of hydrogen-bond acceptors (Lipinski definition) is 4. The standard InChI is InChI=1S/C19H33N3O3.HI/c1-8-20-18(22-14(2)12-23-5)21-13-19(3,4)15-9-10-16(24-6)17(11-15)25-7;/h9-11,14H,8,12-13H2,1-7H3,(H2,20,21,22);1H. The Bertz CT molecular complexity index is 565. The minimum atomic E-state index is -0.146. The van der Waals surface area contributed by atoms with E-state index >= 15 is 0 Å². The maximum absolute atomic E-state index is 5.42. The van der Waals surface area contributed by atoms with Crippen molar-refractivity contribution < 1.29 is 14.2 Å². The van der Waals surface area contributed by atoms with Gasteiger partial charge in [-0.2, -0.15) is 0 Å². The van der Waals surface area contributed by atoms with Crippen LogP contribution in [0.3, 0.4) is 0 Å². The molecular weight excluding hydrogens is 445 g/mol. The molecule has 0 fully saturated rings. The van der Waals surface area contributed by atoms with E-state index in [4.69, 9.17) is 19.2 Å². The SMILES string of the molecule is CCNC(=NCC(C)(C)c1ccc(OC)c(OC)c1)NC(C)COC.I. The number of guanidine groups is 1. The highest BCUT2D eigenvalue weighted by Gasteiger charge is 2.22. The Morgan fingerprint density at radius 1 is 1.15 bits per heavy atom. The first-order valence-corrected chi connectivity index (χ1v) is 8.64. The van der Waals surface area contributed by atoms with Crippen LogP contribution in [0.1, 0.15) is 33.3 Å². The average Bonchev–Trinajstić information content (AvgIpc) is 2.59. The normalized spacial score (nSPS) is 12.8. The zero-order valence-corrected chi connectivity index (χ0v) is 19.3. The monoisotopic (exact) mass is 479 g/mol. The summed E-state index contributed by atoms with van der Waals surface area (Å²) in [4.78, 5) is 4.75. The van der Waals surface area contributed by atoms with Crippen LogP contribution in [-0.2, 0) is 10.2 Å². The molecule has 0 saturated heterocycles. The molecule has 1 aromatic carbocycles. The number of rotatable bonds is 9. The number of benzene rings is 1. The third kappa shape index (κ3) is 7.57. The first-order chi connectivity index (χ1) is 11.9. The molecule has 0 aliphatic heterocycles. The van der Waals surface area contributed by atoms with Crippen LogP contribution in [0.5, 0.6) is 11.5 Å². The lowest BCUT2D eigenvalue weighted by Crippen LogP contribution is -2.44. The Kier molecular flexibility index (Phi) is 11.6. The largest absolute Gasteiger partial charge is 0.493 e. The van der Waals surface area contributed by atoms with E-state index in [1.165, 1.54) is 0 Å². The van der Waals surface area contributed by atoms with Gasteiger partial charge in [-0.15, -0.1) is 24.0 Å². The van der Waals surface area contributed by atoms with E-state index < -0.39 is 0 Å². The van der Waals surface area contributed by atoms with Crippen LogP contribution in [0.15, 0.2) is 23.2 Å². The number of hydrogen-bond donors (Lipinski definition) is 2. The maximum Gasteiger partial charge on any atom is 0.191 e. The lowest BCUT2D eigenvalue weighted by atomic mass is 9.84. The van der Waals surface area contributed by atoms with Gasteiger partial charge in [0, 0.05) is 25.1 Å². The number of aliphatic imine (C=N–C) groups is 1. The van der Waals surface area contributed by atoms with Crippen molar-refractivity contribution in [3.63, 3.8) is 0 Å². The zero-order chi connectivity index (χ0) is 18.9. The fraction of sp³-hybridized carbons (Fsp3) is 0.632. The second-order valence-corrected chi connectivity index (χ2v) is 6.65. The Hall–Kier alpha value is -1.22. The number of nitrogens with zero attached hydrogens (tertiary/aromatic N) is 1. The summed E-state index contributed by atoms with van der Waals surface area (Å²) in [6, 6.07) is 6.20. The van der Waals surface area contributed by atoms with Crippen molar-refractivity contribution in [3.05, 3.63) is 23.8 Å². The molecule has 0 amide bonds. The van der Waals surface area contributed by atoms with Crippen LogP contribution in [-0.4, -0.2) is 53.0 Å². The van der Waals surface area contributed by atoms with Gasteiger partial charge in [0.1, 0.15) is 0 Å². The quantitative estimate of drug-likeness (QED) is 0.324. The smallest absolute Gasteiger partial charge is 0.191 e. The predicted octanol–water partition coefficient (Wildman–Crippen LogP) is 3.19. The summed E-state index contributed by atoms with van der Waals surface area (Å²) < 4.78 is 15.9. The third-order valence-corrected chi connectivity index (χ3v) is 3.94. The van der Waals surface area contributed by atoms with Crippen LogP contribution in [0.2, 0.25) is 0 Å². The van der Waals surface area contributed by atoms with Gasteiger partial charge in [-0.1, -0.05) is 19.9 Å². The highest BCUT2D eigenvalue weighted by molar-refractivity contribution is 14.0. The fourth-order valence-electron chi connectivity index (χ4n) is 2.47. The molecule has 1 rings (SSSR count). The summed E-state index contributed by atoms with van der Waals surface area (Å²) in [7, 11) is 4.99. The van der Waals surface area contributed by atoms with E-state index in [1.807, 2.05) is 12.1 Å². The number of ether oxygens (including phenoxy) is 3. The van der Waals surface area contributed by atoms with Crippen LogP contribution >= 0.6 is 24.0 Å². The molecule has 2 N–H and O–H groups in total. The minimum absolute atomic E-state index is 0. The summed E-state index contributed by atoms with van der Waals surface area (Å²) in [6.45, 7) is 10.5. The fourth-order valence-corrected chi connectivity index (χ4v) is 2.47. The Labute approximate surface area is 175 Å². The molecule has 0 aromatic heterocycles. The Morgan fingerprint density at radius 3 is 2.35 bits per heavy atom. The molecule has 0 bridgehead atoms. The van der Waals surface area contributed by atoms with E-state index in [9.17, 15) is 0 Å². The van der Waals surface area contributed by atoms with Gasteiger partial charge in [0.05, 0.1) is 27.4 Å². The molecule has 1 aromatic rings. The lowest BCUT2D eigenvalue weighted by molar-refractivity contribution is 0.179. The first-order valence-electron chi connectivity index (χ1n) is 8.64. The second kappa shape index (κ2) is 12.2. The zero-order valence-electron chi connectivity index (χ0n) is 17.0. The van der Waals surface area contributed by atoms with Gasteiger partial charge < -0.3 is 24.8 Å². The van der Waals surface area contributed by atoms with Crippen LogP contribution in [0.4, 0.5) is 0 Å². The molecule has 0 aliphatic rings. The highest BCUT2D eigenvalue weighted by Crippen LogP contribution is 2.33. The summed E-state index contributed by atoms with van der Waals surface area (Å²) in [5, 5.41) is 6.63. The minimum Gasteiger partial charge on any atom is -0.493 e. The van der Waals surface area contributed by atoms with Gasteiger partial charge >= 0.3 is 0 Å². The topological polar surface area (TPSA) is 64.1 Å². The van der Waals surface area contributed by atoms with Crippen molar-refractivity contribution in [1.29, 1.82) is 0 Å². The maximum atomic E-state index is 5.42. The summed E-state index contributed by atoms with van der Waals surface area (Å²) >= 11 is 0. The second-order valence-electron chi connectivity index (χ2n) is 6.65. The predicted molar refractivity (Wildman–Crippen MR) is 118 cm³/mol. The van der Waals surface area contributed by atoms with E-state index in [1.54, 1.807) is 21.3 Å². The summed E-state index contributed by atoms with van der Waals surface area (Å²) in [5.74, 6) is 2.25. The first kappa shape index (κ1) is 24.8. The van der Waals surface area contributed by atoms with Gasteiger partial charge in [-0.05, 0) is 31.5 Å². The van der Waals surface area contributed by atoms with Crippen molar-refractivity contribution in [2.45, 2.75) is 39.2 Å². The molecule has 0 aliphatic carbocycles. The van der Waals surface area contributed by atoms with Crippen LogP contribution in [0.25, 0.3) is 0 Å². The molecule has 6 nitrogen and oxygen atoms in total. The third-order valence-electron chi connectivity index (χ3n) is 3.94. The van der Waals surface area contributed by atoms with E-state index in [-0.39, 0.29) is 35.4 Å². The Balaban J connectivity index is 0.00000625. The van der Waals surface area contributed by atoms with Gasteiger partial charge in [-0.3, -0.25) is 4.99 Å². The molecule has 0 spiro atoms. The van der Waals surface area contributed by atoms with Gasteiger partial charge in [0.25, 0.3) is 0 Å². The van der Waals surface area contributed by atoms with E-state index in [0.29, 0.717) is 13.2 Å². The van der Waals surface area contributed by atoms with Crippen LogP contribution < -0.4 is 20.1 Å². The molecule has 26 heavy (non-hydrogen) atoms.